The summed E-state index contributed by atoms with van der Waals surface area (Å²) in [7, 11) is 0. The molecule has 0 atom stereocenters. The molecule has 0 fully saturated rings. The van der Waals surface area contributed by atoms with Crippen LogP contribution in [0, 0.1) is 0 Å². The molecule has 0 aliphatic carbocycles. The van der Waals surface area contributed by atoms with Gasteiger partial charge in [-0.25, -0.2) is 9.78 Å². The molecule has 4 nitrogen and oxygen atoms in total. The van der Waals surface area contributed by atoms with Gasteiger partial charge in [0.15, 0.2) is 0 Å². The van der Waals surface area contributed by atoms with Gasteiger partial charge >= 0.3 is 5.84 Å². The number of halogens is 1. The fraction of sp³-hybridized carbons (Fsp3) is 1.00. The molecule has 0 aromatic carbocycles. The first kappa shape index (κ1) is 11.8. The Kier molecular flexibility index (Phi) is 6.76. The molecule has 0 unspecified atom stereocenters. The van der Waals surface area contributed by atoms with E-state index in [1.54, 1.807) is 13.8 Å². The summed E-state index contributed by atoms with van der Waals surface area (Å²) in [6.45, 7) is 4.21. The zero-order chi connectivity index (χ0) is 8.74. The van der Waals surface area contributed by atoms with Crippen molar-refractivity contribution in [2.24, 2.45) is 0 Å². The van der Waals surface area contributed by atoms with Crippen LogP contribution in [0.1, 0.15) is 13.8 Å². The lowest BCUT2D eigenvalue weighted by Crippen LogP contribution is -1.93. The Labute approximate surface area is 75.5 Å². The Bertz CT molecular complexity index is 132. The summed E-state index contributed by atoms with van der Waals surface area (Å²) in [5.74, 6) is -2.86. The van der Waals surface area contributed by atoms with Crippen LogP contribution in [-0.4, -0.2) is 13.2 Å². The molecule has 0 N–H and O–H groups in total. The van der Waals surface area contributed by atoms with E-state index in [4.69, 9.17) is 11.2 Å². The molecule has 0 heterocycles. The lowest BCUT2D eigenvalue weighted by atomic mass is 10.9. The van der Waals surface area contributed by atoms with E-state index in [0.29, 0.717) is 13.2 Å². The summed E-state index contributed by atoms with van der Waals surface area (Å²) in [5, 5.41) is 0. The van der Waals surface area contributed by atoms with Crippen LogP contribution in [0.2, 0.25) is 0 Å². The monoisotopic (exact) mass is 220 g/mol. The fourth-order valence-electron chi connectivity index (χ4n) is 0.244. The van der Waals surface area contributed by atoms with Gasteiger partial charge in [-0.2, -0.15) is 9.35 Å². The van der Waals surface area contributed by atoms with Crippen molar-refractivity contribution in [3.8, 4) is 0 Å². The Hall–Kier alpha value is 0.780. The quantitative estimate of drug-likeness (QED) is 0.390. The zero-order valence-electron chi connectivity index (χ0n) is 6.28. The minimum atomic E-state index is -2.86. The molecule has 0 aromatic heterocycles. The van der Waals surface area contributed by atoms with Crippen molar-refractivity contribution in [2.75, 3.05) is 13.2 Å². The summed E-state index contributed by atoms with van der Waals surface area (Å²) in [4.78, 5) is 9.01. The van der Waals surface area contributed by atoms with E-state index in [1.807, 2.05) is 0 Å². The predicted molar refractivity (Wildman–Crippen MR) is 45.6 cm³/mol. The summed E-state index contributed by atoms with van der Waals surface area (Å²) < 4.78 is 9.05. The normalized spacial score (nSPS) is 11.9. The number of hydrogen-bond acceptors (Lipinski definition) is 5. The second-order valence-electron chi connectivity index (χ2n) is 1.39. The molecule has 0 aliphatic rings. The van der Waals surface area contributed by atoms with E-state index in [9.17, 15) is 0 Å². The predicted octanol–water partition coefficient (Wildman–Crippen LogP) is 2.39. The lowest BCUT2D eigenvalue weighted by molar-refractivity contribution is -0.249. The van der Waals surface area contributed by atoms with Gasteiger partial charge in [-0.3, -0.25) is 0 Å². The molecule has 0 bridgehead atoms. The Morgan fingerprint density at radius 2 is 1.55 bits per heavy atom. The first-order chi connectivity index (χ1) is 5.12. The molecular formula is C4H10ClO4PS. The minimum Gasteiger partial charge on any atom is -0.229 e. The Balaban J connectivity index is 3.53. The minimum absolute atomic E-state index is 0.362. The summed E-state index contributed by atoms with van der Waals surface area (Å²) in [5.41, 5.74) is 0. The standard InChI is InChI=1S/C4H10ClO4PS/c1-3-6-8-10(5,11)9-7-4-2/h3-4H2,1-2H3. The first-order valence-electron chi connectivity index (χ1n) is 3.04. The van der Waals surface area contributed by atoms with E-state index in [-0.39, 0.29) is 0 Å². The molecule has 0 saturated carbocycles. The summed E-state index contributed by atoms with van der Waals surface area (Å²) >= 11 is 10.2. The van der Waals surface area contributed by atoms with Gasteiger partial charge in [0.05, 0.1) is 13.2 Å². The van der Waals surface area contributed by atoms with Gasteiger partial charge in [0.2, 0.25) is 0 Å². The van der Waals surface area contributed by atoms with Crippen LogP contribution in [0.25, 0.3) is 0 Å². The van der Waals surface area contributed by atoms with E-state index in [0.717, 1.165) is 0 Å². The first-order valence-corrected chi connectivity index (χ1v) is 6.58. The molecule has 0 spiro atoms. The maximum Gasteiger partial charge on any atom is 0.339 e. The SMILES string of the molecule is CCOOP(=S)(Cl)OOCC. The van der Waals surface area contributed by atoms with Gasteiger partial charge in [0.25, 0.3) is 0 Å². The Morgan fingerprint density at radius 3 is 1.82 bits per heavy atom. The van der Waals surface area contributed by atoms with E-state index < -0.39 is 5.84 Å². The average molecular weight is 221 g/mol. The van der Waals surface area contributed by atoms with Crippen LogP contribution >= 0.6 is 17.1 Å². The molecule has 0 saturated heterocycles. The van der Waals surface area contributed by atoms with Gasteiger partial charge in [-0.1, -0.05) is 0 Å². The third kappa shape index (κ3) is 7.15. The lowest BCUT2D eigenvalue weighted by Gasteiger charge is -2.10. The molecular weight excluding hydrogens is 211 g/mol. The van der Waals surface area contributed by atoms with Crippen LogP contribution in [0.15, 0.2) is 0 Å². The van der Waals surface area contributed by atoms with Crippen LogP contribution < -0.4 is 0 Å². The summed E-state index contributed by atoms with van der Waals surface area (Å²) in [6.07, 6.45) is 0. The second-order valence-corrected chi connectivity index (χ2v) is 5.93. The molecule has 7 heteroatoms. The fourth-order valence-corrected chi connectivity index (χ4v) is 1.23. The van der Waals surface area contributed by atoms with E-state index >= 15 is 0 Å². The van der Waals surface area contributed by atoms with E-state index in [1.165, 1.54) is 0 Å². The van der Waals surface area contributed by atoms with Crippen molar-refractivity contribution in [1.82, 2.24) is 0 Å². The highest BCUT2D eigenvalue weighted by Gasteiger charge is 2.17. The molecule has 0 rings (SSSR count). The summed E-state index contributed by atoms with van der Waals surface area (Å²) in [6, 6.07) is 0. The molecule has 0 aliphatic heterocycles. The molecule has 0 aromatic rings. The van der Waals surface area contributed by atoms with E-state index in [2.05, 4.69) is 30.9 Å². The van der Waals surface area contributed by atoms with Crippen LogP contribution in [0.3, 0.4) is 0 Å². The largest absolute Gasteiger partial charge is 0.339 e. The average Bonchev–Trinajstić information content (AvgIpc) is 1.97. The van der Waals surface area contributed by atoms with Gasteiger partial charge in [-0.15, -0.1) is 0 Å². The van der Waals surface area contributed by atoms with Crippen LogP contribution in [0.4, 0.5) is 0 Å². The van der Waals surface area contributed by atoms with Crippen molar-refractivity contribution >= 4 is 28.9 Å². The maximum atomic E-state index is 5.53. The third-order valence-electron chi connectivity index (χ3n) is 0.519. The number of rotatable bonds is 6. The molecule has 11 heavy (non-hydrogen) atoms. The topological polar surface area (TPSA) is 36.9 Å². The number of hydrogen-bond donors (Lipinski definition) is 0. The van der Waals surface area contributed by atoms with Crippen LogP contribution in [-0.2, 0) is 30.9 Å². The maximum absolute atomic E-state index is 5.53. The van der Waals surface area contributed by atoms with Crippen molar-refractivity contribution in [1.29, 1.82) is 0 Å². The highest BCUT2D eigenvalue weighted by atomic mass is 35.7. The highest BCUT2D eigenvalue weighted by molar-refractivity contribution is 8.22. The van der Waals surface area contributed by atoms with Gasteiger partial charge in [-0.05, 0) is 36.9 Å². The molecule has 0 amide bonds. The van der Waals surface area contributed by atoms with Crippen molar-refractivity contribution in [3.05, 3.63) is 0 Å². The van der Waals surface area contributed by atoms with Crippen molar-refractivity contribution in [3.63, 3.8) is 0 Å². The smallest absolute Gasteiger partial charge is 0.229 e. The van der Waals surface area contributed by atoms with Crippen molar-refractivity contribution < 1.29 is 19.1 Å². The highest BCUT2D eigenvalue weighted by Crippen LogP contribution is 2.54. The Morgan fingerprint density at radius 1 is 1.18 bits per heavy atom. The van der Waals surface area contributed by atoms with Gasteiger partial charge in [0, 0.05) is 0 Å². The van der Waals surface area contributed by atoms with Gasteiger partial charge < -0.3 is 0 Å². The van der Waals surface area contributed by atoms with Gasteiger partial charge in [0.1, 0.15) is 0 Å². The zero-order valence-corrected chi connectivity index (χ0v) is 8.75. The molecule has 68 valence electrons. The third-order valence-corrected chi connectivity index (χ3v) is 1.79. The second kappa shape index (κ2) is 6.31. The molecule has 0 radical (unpaired) electrons. The van der Waals surface area contributed by atoms with Crippen molar-refractivity contribution in [2.45, 2.75) is 13.8 Å². The van der Waals surface area contributed by atoms with Crippen LogP contribution in [0.5, 0.6) is 0 Å².